The molecule has 0 N–H and O–H groups in total. The Morgan fingerprint density at radius 2 is 2.27 bits per heavy atom. The highest BCUT2D eigenvalue weighted by Gasteiger charge is 1.86. The summed E-state index contributed by atoms with van der Waals surface area (Å²) in [6.45, 7) is 1.77. The summed E-state index contributed by atoms with van der Waals surface area (Å²) in [7, 11) is 0. The second-order valence-corrected chi connectivity index (χ2v) is 2.48. The molecule has 0 fully saturated rings. The number of rotatable bonds is 5. The zero-order valence-corrected chi connectivity index (χ0v) is 7.43. The monoisotopic (exact) mass is 176 g/mol. The van der Waals surface area contributed by atoms with E-state index in [1.165, 1.54) is 6.92 Å². The van der Waals surface area contributed by atoms with Crippen molar-refractivity contribution in [3.63, 3.8) is 0 Å². The summed E-state index contributed by atoms with van der Waals surface area (Å²) < 4.78 is 4.66. The van der Waals surface area contributed by atoms with Crippen LogP contribution in [0.25, 0.3) is 0 Å². The minimum atomic E-state index is -0.244. The van der Waals surface area contributed by atoms with E-state index in [1.807, 2.05) is 12.2 Å². The predicted molar refractivity (Wildman–Crippen MR) is 45.7 cm³/mol. The summed E-state index contributed by atoms with van der Waals surface area (Å²) in [4.78, 5) is 10.3. The van der Waals surface area contributed by atoms with E-state index in [0.717, 1.165) is 12.8 Å². The Balaban J connectivity index is 3.10. The van der Waals surface area contributed by atoms with Crippen LogP contribution in [0.15, 0.2) is 12.2 Å². The van der Waals surface area contributed by atoms with Crippen molar-refractivity contribution in [2.45, 2.75) is 19.8 Å². The van der Waals surface area contributed by atoms with Crippen molar-refractivity contribution in [3.8, 4) is 0 Å². The van der Waals surface area contributed by atoms with Gasteiger partial charge in [0.1, 0.15) is 6.61 Å². The van der Waals surface area contributed by atoms with Crippen LogP contribution in [0.4, 0.5) is 0 Å². The molecule has 0 aromatic heterocycles. The summed E-state index contributed by atoms with van der Waals surface area (Å²) >= 11 is 5.45. The van der Waals surface area contributed by atoms with Crippen molar-refractivity contribution in [3.05, 3.63) is 12.2 Å². The third kappa shape index (κ3) is 9.50. The van der Waals surface area contributed by atoms with Crippen LogP contribution in [-0.4, -0.2) is 18.5 Å². The Hall–Kier alpha value is -0.500. The van der Waals surface area contributed by atoms with Gasteiger partial charge in [-0.05, 0) is 12.8 Å². The molecular weight excluding hydrogens is 164 g/mol. The van der Waals surface area contributed by atoms with E-state index in [9.17, 15) is 4.79 Å². The van der Waals surface area contributed by atoms with E-state index in [1.54, 1.807) is 0 Å². The summed E-state index contributed by atoms with van der Waals surface area (Å²) in [5, 5.41) is 0. The average molecular weight is 177 g/mol. The molecule has 0 atom stereocenters. The highest BCUT2D eigenvalue weighted by atomic mass is 35.5. The van der Waals surface area contributed by atoms with Crippen LogP contribution in [0.1, 0.15) is 19.8 Å². The molecule has 0 aromatic rings. The fourth-order valence-electron chi connectivity index (χ4n) is 0.546. The average Bonchev–Trinajstić information content (AvgIpc) is 1.96. The Morgan fingerprint density at radius 3 is 2.82 bits per heavy atom. The third-order valence-corrected chi connectivity index (χ3v) is 1.32. The maximum atomic E-state index is 10.3. The summed E-state index contributed by atoms with van der Waals surface area (Å²) in [5.74, 6) is 0.435. The molecule has 0 saturated carbocycles. The van der Waals surface area contributed by atoms with Crippen LogP contribution in [0.2, 0.25) is 0 Å². The van der Waals surface area contributed by atoms with Gasteiger partial charge in [-0.1, -0.05) is 12.2 Å². The lowest BCUT2D eigenvalue weighted by Gasteiger charge is -1.93. The van der Waals surface area contributed by atoms with Gasteiger partial charge in [0, 0.05) is 12.8 Å². The number of hydrogen-bond acceptors (Lipinski definition) is 2. The highest BCUT2D eigenvalue weighted by Crippen LogP contribution is 1.92. The fraction of sp³-hybridized carbons (Fsp3) is 0.625. The summed E-state index contributed by atoms with van der Waals surface area (Å²) in [6, 6.07) is 0. The van der Waals surface area contributed by atoms with Crippen LogP contribution in [0.3, 0.4) is 0 Å². The van der Waals surface area contributed by atoms with Crippen LogP contribution < -0.4 is 0 Å². The predicted octanol–water partition coefficient (Wildman–Crippen LogP) is 2.12. The van der Waals surface area contributed by atoms with Gasteiger partial charge in [-0.2, -0.15) is 0 Å². The summed E-state index contributed by atoms with van der Waals surface area (Å²) in [5.41, 5.74) is 0. The van der Waals surface area contributed by atoms with Crippen molar-refractivity contribution in [2.75, 3.05) is 12.5 Å². The van der Waals surface area contributed by atoms with Crippen molar-refractivity contribution in [1.29, 1.82) is 0 Å². The van der Waals surface area contributed by atoms with Crippen molar-refractivity contribution in [2.24, 2.45) is 0 Å². The van der Waals surface area contributed by atoms with Gasteiger partial charge in [-0.3, -0.25) is 4.79 Å². The molecule has 0 bridgehead atoms. The Morgan fingerprint density at radius 1 is 1.55 bits per heavy atom. The van der Waals surface area contributed by atoms with Gasteiger partial charge >= 0.3 is 5.97 Å². The number of carbonyl (C=O) groups excluding carboxylic acids is 1. The molecule has 0 aromatic carbocycles. The van der Waals surface area contributed by atoms with Crippen molar-refractivity contribution >= 4 is 17.6 Å². The molecule has 64 valence electrons. The van der Waals surface area contributed by atoms with E-state index in [-0.39, 0.29) is 5.97 Å². The number of halogens is 1. The van der Waals surface area contributed by atoms with Crippen LogP contribution in [0.5, 0.6) is 0 Å². The number of hydrogen-bond donors (Lipinski definition) is 0. The maximum Gasteiger partial charge on any atom is 0.302 e. The van der Waals surface area contributed by atoms with Crippen LogP contribution in [-0.2, 0) is 9.53 Å². The molecule has 0 rings (SSSR count). The highest BCUT2D eigenvalue weighted by molar-refractivity contribution is 6.17. The SMILES string of the molecule is CC(=O)OCC=CCCCCl. The molecule has 2 nitrogen and oxygen atoms in total. The lowest BCUT2D eigenvalue weighted by Crippen LogP contribution is -1.97. The third-order valence-electron chi connectivity index (χ3n) is 1.05. The Bertz CT molecular complexity index is 132. The Labute approximate surface area is 72.2 Å². The smallest absolute Gasteiger partial charge is 0.302 e. The number of esters is 1. The van der Waals surface area contributed by atoms with Gasteiger partial charge in [0.05, 0.1) is 0 Å². The molecule has 0 saturated heterocycles. The van der Waals surface area contributed by atoms with Crippen LogP contribution >= 0.6 is 11.6 Å². The van der Waals surface area contributed by atoms with Gasteiger partial charge in [-0.25, -0.2) is 0 Å². The molecule has 11 heavy (non-hydrogen) atoms. The zero-order valence-electron chi connectivity index (χ0n) is 6.68. The van der Waals surface area contributed by atoms with Crippen LogP contribution in [0, 0.1) is 0 Å². The maximum absolute atomic E-state index is 10.3. The van der Waals surface area contributed by atoms with E-state index in [0.29, 0.717) is 12.5 Å². The molecule has 3 heteroatoms. The molecule has 0 aliphatic heterocycles. The van der Waals surface area contributed by atoms with Gasteiger partial charge in [0.25, 0.3) is 0 Å². The standard InChI is InChI=1S/C8H13ClO2/c1-8(10)11-7-5-3-2-4-6-9/h3,5H,2,4,6-7H2,1H3. The van der Waals surface area contributed by atoms with Gasteiger partial charge in [0.15, 0.2) is 0 Å². The van der Waals surface area contributed by atoms with Gasteiger partial charge in [0.2, 0.25) is 0 Å². The number of ether oxygens (including phenoxy) is 1. The number of carbonyl (C=O) groups is 1. The van der Waals surface area contributed by atoms with E-state index in [4.69, 9.17) is 11.6 Å². The molecular formula is C8H13ClO2. The number of unbranched alkanes of at least 4 members (excludes halogenated alkanes) is 1. The number of alkyl halides is 1. The molecule has 0 spiro atoms. The van der Waals surface area contributed by atoms with Crippen molar-refractivity contribution in [1.82, 2.24) is 0 Å². The second-order valence-electron chi connectivity index (χ2n) is 2.11. The molecule has 0 aliphatic carbocycles. The first kappa shape index (κ1) is 10.5. The summed E-state index contributed by atoms with van der Waals surface area (Å²) in [6.07, 6.45) is 5.71. The first-order valence-electron chi connectivity index (χ1n) is 3.61. The Kier molecular flexibility index (Phi) is 7.26. The molecule has 0 heterocycles. The fourth-order valence-corrected chi connectivity index (χ4v) is 0.701. The molecule has 0 unspecified atom stereocenters. The largest absolute Gasteiger partial charge is 0.462 e. The molecule has 0 amide bonds. The molecule has 0 aliphatic rings. The van der Waals surface area contributed by atoms with Gasteiger partial charge < -0.3 is 4.74 Å². The molecule has 0 radical (unpaired) electrons. The lowest BCUT2D eigenvalue weighted by molar-refractivity contribution is -0.139. The quantitative estimate of drug-likeness (QED) is 0.278. The lowest BCUT2D eigenvalue weighted by atomic mass is 10.3. The van der Waals surface area contributed by atoms with E-state index < -0.39 is 0 Å². The normalized spacial score (nSPS) is 10.4. The second kappa shape index (κ2) is 7.61. The van der Waals surface area contributed by atoms with Crippen molar-refractivity contribution < 1.29 is 9.53 Å². The minimum absolute atomic E-state index is 0.244. The zero-order chi connectivity index (χ0) is 8.53. The van der Waals surface area contributed by atoms with E-state index >= 15 is 0 Å². The van der Waals surface area contributed by atoms with Gasteiger partial charge in [-0.15, -0.1) is 11.6 Å². The first-order valence-corrected chi connectivity index (χ1v) is 4.15. The number of allylic oxidation sites excluding steroid dienone is 1. The minimum Gasteiger partial charge on any atom is -0.462 e. The first-order chi connectivity index (χ1) is 5.27. The topological polar surface area (TPSA) is 26.3 Å². The van der Waals surface area contributed by atoms with E-state index in [2.05, 4.69) is 4.74 Å².